The minimum Gasteiger partial charge on any atom is -0.481 e. The molecule has 0 aliphatic rings. The SMILES string of the molecule is O=C(O)C(CCBr)Cc1ccccc1. The van der Waals surface area contributed by atoms with Crippen LogP contribution in [-0.2, 0) is 11.2 Å². The number of carboxylic acids is 1. The zero-order valence-corrected chi connectivity index (χ0v) is 9.40. The Morgan fingerprint density at radius 1 is 1.36 bits per heavy atom. The molecule has 0 aliphatic carbocycles. The Kier molecular flexibility index (Phi) is 4.66. The van der Waals surface area contributed by atoms with E-state index in [-0.39, 0.29) is 5.92 Å². The third-order valence-electron chi connectivity index (χ3n) is 2.13. The second-order valence-electron chi connectivity index (χ2n) is 3.20. The topological polar surface area (TPSA) is 37.3 Å². The van der Waals surface area contributed by atoms with Crippen LogP contribution >= 0.6 is 15.9 Å². The van der Waals surface area contributed by atoms with E-state index in [0.29, 0.717) is 12.8 Å². The van der Waals surface area contributed by atoms with E-state index in [2.05, 4.69) is 15.9 Å². The van der Waals surface area contributed by atoms with E-state index in [0.717, 1.165) is 10.9 Å². The van der Waals surface area contributed by atoms with Crippen molar-refractivity contribution < 1.29 is 9.90 Å². The standard InChI is InChI=1S/C11H13BrO2/c12-7-6-10(11(13)14)8-9-4-2-1-3-5-9/h1-5,10H,6-8H2,(H,13,14). The molecule has 0 bridgehead atoms. The van der Waals surface area contributed by atoms with Gasteiger partial charge in [-0.1, -0.05) is 46.3 Å². The summed E-state index contributed by atoms with van der Waals surface area (Å²) in [5, 5.41) is 9.68. The van der Waals surface area contributed by atoms with Crippen LogP contribution in [-0.4, -0.2) is 16.4 Å². The molecule has 0 spiro atoms. The van der Waals surface area contributed by atoms with Gasteiger partial charge in [0.1, 0.15) is 0 Å². The third-order valence-corrected chi connectivity index (χ3v) is 2.59. The van der Waals surface area contributed by atoms with E-state index in [1.54, 1.807) is 0 Å². The maximum atomic E-state index is 10.9. The Balaban J connectivity index is 2.60. The fraction of sp³-hybridized carbons (Fsp3) is 0.364. The fourth-order valence-electron chi connectivity index (χ4n) is 1.34. The average Bonchev–Trinajstić information content (AvgIpc) is 2.18. The molecule has 2 nitrogen and oxygen atoms in total. The molecule has 1 atom stereocenters. The van der Waals surface area contributed by atoms with E-state index in [1.807, 2.05) is 30.3 Å². The highest BCUT2D eigenvalue weighted by atomic mass is 79.9. The highest BCUT2D eigenvalue weighted by Gasteiger charge is 2.16. The number of benzene rings is 1. The lowest BCUT2D eigenvalue weighted by molar-refractivity contribution is -0.141. The van der Waals surface area contributed by atoms with Gasteiger partial charge in [0.15, 0.2) is 0 Å². The largest absolute Gasteiger partial charge is 0.481 e. The molecular weight excluding hydrogens is 244 g/mol. The van der Waals surface area contributed by atoms with Crippen LogP contribution in [0.15, 0.2) is 30.3 Å². The van der Waals surface area contributed by atoms with Crippen LogP contribution in [0, 0.1) is 5.92 Å². The lowest BCUT2D eigenvalue weighted by Crippen LogP contribution is -2.16. The first-order valence-electron chi connectivity index (χ1n) is 4.56. The van der Waals surface area contributed by atoms with Gasteiger partial charge >= 0.3 is 5.97 Å². The Labute approximate surface area is 92.1 Å². The van der Waals surface area contributed by atoms with Crippen molar-refractivity contribution in [2.24, 2.45) is 5.92 Å². The Morgan fingerprint density at radius 2 is 2.00 bits per heavy atom. The highest BCUT2D eigenvalue weighted by molar-refractivity contribution is 9.09. The average molecular weight is 257 g/mol. The normalized spacial score (nSPS) is 12.4. The second-order valence-corrected chi connectivity index (χ2v) is 4.00. The Bertz CT molecular complexity index is 285. The van der Waals surface area contributed by atoms with Crippen molar-refractivity contribution in [3.63, 3.8) is 0 Å². The first-order valence-corrected chi connectivity index (χ1v) is 5.69. The second kappa shape index (κ2) is 5.81. The molecule has 0 aliphatic heterocycles. The van der Waals surface area contributed by atoms with Gasteiger partial charge in [-0.25, -0.2) is 0 Å². The van der Waals surface area contributed by atoms with Gasteiger partial charge in [-0.15, -0.1) is 0 Å². The third kappa shape index (κ3) is 3.50. The van der Waals surface area contributed by atoms with E-state index in [4.69, 9.17) is 5.11 Å². The molecule has 0 radical (unpaired) electrons. The first kappa shape index (κ1) is 11.2. The molecule has 1 rings (SSSR count). The number of halogens is 1. The molecule has 14 heavy (non-hydrogen) atoms. The lowest BCUT2D eigenvalue weighted by Gasteiger charge is -2.10. The van der Waals surface area contributed by atoms with E-state index in [1.165, 1.54) is 0 Å². The molecule has 0 fully saturated rings. The molecule has 1 aromatic rings. The maximum Gasteiger partial charge on any atom is 0.306 e. The van der Waals surface area contributed by atoms with Crippen molar-refractivity contribution in [3.05, 3.63) is 35.9 Å². The smallest absolute Gasteiger partial charge is 0.306 e. The summed E-state index contributed by atoms with van der Waals surface area (Å²) in [6.45, 7) is 0. The summed E-state index contributed by atoms with van der Waals surface area (Å²) in [5.41, 5.74) is 1.08. The molecule has 1 unspecified atom stereocenters. The summed E-state index contributed by atoms with van der Waals surface area (Å²) in [7, 11) is 0. The van der Waals surface area contributed by atoms with Gasteiger partial charge < -0.3 is 5.11 Å². The van der Waals surface area contributed by atoms with Crippen LogP contribution in [0.3, 0.4) is 0 Å². The van der Waals surface area contributed by atoms with Crippen molar-refractivity contribution in [1.29, 1.82) is 0 Å². The van der Waals surface area contributed by atoms with Gasteiger partial charge in [0.05, 0.1) is 5.92 Å². The summed E-state index contributed by atoms with van der Waals surface area (Å²) in [4.78, 5) is 10.9. The number of alkyl halides is 1. The Hall–Kier alpha value is -0.830. The van der Waals surface area contributed by atoms with Crippen LogP contribution in [0.1, 0.15) is 12.0 Å². The number of rotatable bonds is 5. The van der Waals surface area contributed by atoms with Crippen molar-refractivity contribution in [3.8, 4) is 0 Å². The quantitative estimate of drug-likeness (QED) is 0.823. The van der Waals surface area contributed by atoms with Gasteiger partial charge in [-0.2, -0.15) is 0 Å². The van der Waals surface area contributed by atoms with Gasteiger partial charge in [0.25, 0.3) is 0 Å². The van der Waals surface area contributed by atoms with Crippen molar-refractivity contribution >= 4 is 21.9 Å². The number of hydrogen-bond acceptors (Lipinski definition) is 1. The number of carboxylic acid groups (broad SMARTS) is 1. The van der Waals surface area contributed by atoms with Crippen LogP contribution in [0.5, 0.6) is 0 Å². The van der Waals surface area contributed by atoms with Crippen LogP contribution in [0.25, 0.3) is 0 Å². The van der Waals surface area contributed by atoms with E-state index < -0.39 is 5.97 Å². The summed E-state index contributed by atoms with van der Waals surface area (Å²) < 4.78 is 0. The van der Waals surface area contributed by atoms with Gasteiger partial charge in [0.2, 0.25) is 0 Å². The molecule has 0 aromatic heterocycles. The highest BCUT2D eigenvalue weighted by Crippen LogP contribution is 2.13. The van der Waals surface area contributed by atoms with E-state index >= 15 is 0 Å². The zero-order chi connectivity index (χ0) is 10.4. The summed E-state index contributed by atoms with van der Waals surface area (Å²) >= 11 is 3.27. The van der Waals surface area contributed by atoms with Crippen molar-refractivity contribution in [1.82, 2.24) is 0 Å². The predicted octanol–water partition coefficient (Wildman–Crippen LogP) is 2.71. The minimum absolute atomic E-state index is 0.281. The van der Waals surface area contributed by atoms with Gasteiger partial charge in [0, 0.05) is 5.33 Å². The lowest BCUT2D eigenvalue weighted by atomic mass is 9.97. The summed E-state index contributed by atoms with van der Waals surface area (Å²) in [6.07, 6.45) is 1.28. The molecule has 76 valence electrons. The Morgan fingerprint density at radius 3 is 2.50 bits per heavy atom. The van der Waals surface area contributed by atoms with Crippen LogP contribution < -0.4 is 0 Å². The maximum absolute atomic E-state index is 10.9. The molecular formula is C11H13BrO2. The molecule has 0 saturated heterocycles. The summed E-state index contributed by atoms with van der Waals surface area (Å²) in [5.74, 6) is -0.995. The summed E-state index contributed by atoms with van der Waals surface area (Å²) in [6, 6.07) is 9.73. The predicted molar refractivity (Wildman–Crippen MR) is 59.7 cm³/mol. The van der Waals surface area contributed by atoms with Crippen molar-refractivity contribution in [2.45, 2.75) is 12.8 Å². The number of carbonyl (C=O) groups is 1. The zero-order valence-electron chi connectivity index (χ0n) is 7.82. The molecule has 1 aromatic carbocycles. The van der Waals surface area contributed by atoms with Crippen LogP contribution in [0.4, 0.5) is 0 Å². The van der Waals surface area contributed by atoms with E-state index in [9.17, 15) is 4.79 Å². The minimum atomic E-state index is -0.715. The van der Waals surface area contributed by atoms with Gasteiger partial charge in [-0.3, -0.25) is 4.79 Å². The first-order chi connectivity index (χ1) is 6.74. The molecule has 0 heterocycles. The van der Waals surface area contributed by atoms with Crippen LogP contribution in [0.2, 0.25) is 0 Å². The fourth-order valence-corrected chi connectivity index (χ4v) is 1.90. The molecule has 0 amide bonds. The number of hydrogen-bond donors (Lipinski definition) is 1. The molecule has 1 N–H and O–H groups in total. The van der Waals surface area contributed by atoms with Gasteiger partial charge in [-0.05, 0) is 18.4 Å². The monoisotopic (exact) mass is 256 g/mol. The number of aliphatic carboxylic acids is 1. The molecule has 0 saturated carbocycles. The molecule has 3 heteroatoms. The van der Waals surface area contributed by atoms with Crippen molar-refractivity contribution in [2.75, 3.05) is 5.33 Å².